The average Bonchev–Trinajstić information content (AvgIpc) is 1.81. The first-order chi connectivity index (χ1) is 5.58. The SMILES string of the molecule is CC1CC(C)CN(NC(=O)Cl)C1. The number of rotatable bonds is 1. The molecule has 0 aromatic rings. The molecule has 2 atom stereocenters. The fourth-order valence-electron chi connectivity index (χ4n) is 1.88. The van der Waals surface area contributed by atoms with E-state index in [0.717, 1.165) is 13.1 Å². The molecule has 12 heavy (non-hydrogen) atoms. The van der Waals surface area contributed by atoms with E-state index in [0.29, 0.717) is 11.8 Å². The number of nitrogens with zero attached hydrogens (tertiary/aromatic N) is 1. The van der Waals surface area contributed by atoms with Gasteiger partial charge in [0, 0.05) is 13.1 Å². The summed E-state index contributed by atoms with van der Waals surface area (Å²) in [5.74, 6) is 1.27. The molecule has 1 rings (SSSR count). The van der Waals surface area contributed by atoms with Crippen molar-refractivity contribution in [1.82, 2.24) is 10.4 Å². The molecule has 0 bridgehead atoms. The van der Waals surface area contributed by atoms with Crippen molar-refractivity contribution < 1.29 is 4.79 Å². The van der Waals surface area contributed by atoms with E-state index in [2.05, 4.69) is 19.3 Å². The number of piperidine rings is 1. The summed E-state index contributed by atoms with van der Waals surface area (Å²) in [6.45, 7) is 6.18. The molecule has 0 saturated carbocycles. The van der Waals surface area contributed by atoms with Crippen LogP contribution >= 0.6 is 11.6 Å². The lowest BCUT2D eigenvalue weighted by Crippen LogP contribution is -2.48. The van der Waals surface area contributed by atoms with Gasteiger partial charge in [0.05, 0.1) is 0 Å². The van der Waals surface area contributed by atoms with E-state index in [1.165, 1.54) is 6.42 Å². The van der Waals surface area contributed by atoms with Crippen LogP contribution in [0.3, 0.4) is 0 Å². The van der Waals surface area contributed by atoms with Crippen LogP contribution in [0.1, 0.15) is 20.3 Å². The minimum atomic E-state index is -0.490. The molecule has 3 nitrogen and oxygen atoms in total. The van der Waals surface area contributed by atoms with Gasteiger partial charge in [-0.2, -0.15) is 0 Å². The van der Waals surface area contributed by atoms with Gasteiger partial charge in [0.1, 0.15) is 0 Å². The lowest BCUT2D eigenvalue weighted by molar-refractivity contribution is 0.104. The predicted octanol–water partition coefficient (Wildman–Crippen LogP) is 1.83. The molecular weight excluding hydrogens is 176 g/mol. The second-order valence-electron chi connectivity index (χ2n) is 3.74. The monoisotopic (exact) mass is 190 g/mol. The van der Waals surface area contributed by atoms with Crippen molar-refractivity contribution >= 4 is 17.0 Å². The summed E-state index contributed by atoms with van der Waals surface area (Å²) in [7, 11) is 0. The fraction of sp³-hybridized carbons (Fsp3) is 0.875. The van der Waals surface area contributed by atoms with Crippen LogP contribution in [0.25, 0.3) is 0 Å². The van der Waals surface area contributed by atoms with Gasteiger partial charge < -0.3 is 0 Å². The summed E-state index contributed by atoms with van der Waals surface area (Å²) >= 11 is 5.21. The first kappa shape index (κ1) is 9.81. The fourth-order valence-corrected chi connectivity index (χ4v) is 2.00. The smallest absolute Gasteiger partial charge is 0.275 e. The first-order valence-electron chi connectivity index (χ1n) is 4.29. The summed E-state index contributed by atoms with van der Waals surface area (Å²) in [5.41, 5.74) is 2.60. The van der Waals surface area contributed by atoms with Crippen LogP contribution in [-0.4, -0.2) is 23.5 Å². The molecule has 1 saturated heterocycles. The van der Waals surface area contributed by atoms with Crippen molar-refractivity contribution in [3.63, 3.8) is 0 Å². The van der Waals surface area contributed by atoms with Crippen molar-refractivity contribution in [3.05, 3.63) is 0 Å². The van der Waals surface area contributed by atoms with Crippen LogP contribution in [0.15, 0.2) is 0 Å². The van der Waals surface area contributed by atoms with E-state index in [1.807, 2.05) is 5.01 Å². The summed E-state index contributed by atoms with van der Waals surface area (Å²) < 4.78 is 0. The standard InChI is InChI=1S/C8H15ClN2O/c1-6-3-7(2)5-11(4-6)10-8(9)12/h6-7H,3-5H2,1-2H3,(H,10,12). The Morgan fingerprint density at radius 2 is 1.92 bits per heavy atom. The van der Waals surface area contributed by atoms with E-state index in [9.17, 15) is 4.79 Å². The molecule has 1 heterocycles. The Kier molecular flexibility index (Phi) is 3.35. The van der Waals surface area contributed by atoms with Crippen LogP contribution in [-0.2, 0) is 0 Å². The molecule has 70 valence electrons. The zero-order chi connectivity index (χ0) is 9.14. The number of hydrogen-bond acceptors (Lipinski definition) is 2. The van der Waals surface area contributed by atoms with Crippen LogP contribution in [0.4, 0.5) is 4.79 Å². The second kappa shape index (κ2) is 4.10. The van der Waals surface area contributed by atoms with Crippen LogP contribution in [0, 0.1) is 11.8 Å². The van der Waals surface area contributed by atoms with Gasteiger partial charge in [-0.05, 0) is 29.9 Å². The molecule has 1 N–H and O–H groups in total. The van der Waals surface area contributed by atoms with Gasteiger partial charge in [-0.3, -0.25) is 10.2 Å². The molecule has 1 fully saturated rings. The zero-order valence-electron chi connectivity index (χ0n) is 7.51. The van der Waals surface area contributed by atoms with Crippen molar-refractivity contribution in [3.8, 4) is 0 Å². The molecule has 0 radical (unpaired) electrons. The second-order valence-corrected chi connectivity index (χ2v) is 4.08. The van der Waals surface area contributed by atoms with Crippen molar-refractivity contribution in [2.24, 2.45) is 11.8 Å². The summed E-state index contributed by atoms with van der Waals surface area (Å²) in [5, 5.41) is 1.41. The number of halogens is 1. The van der Waals surface area contributed by atoms with E-state index in [-0.39, 0.29) is 0 Å². The number of hydrazine groups is 1. The van der Waals surface area contributed by atoms with Gasteiger partial charge in [0.15, 0.2) is 0 Å². The number of carbonyl (C=O) groups excluding carboxylic acids is 1. The zero-order valence-corrected chi connectivity index (χ0v) is 8.27. The highest BCUT2D eigenvalue weighted by molar-refractivity contribution is 6.62. The Hall–Kier alpha value is -0.280. The van der Waals surface area contributed by atoms with Crippen molar-refractivity contribution in [1.29, 1.82) is 0 Å². The maximum absolute atomic E-state index is 10.5. The summed E-state index contributed by atoms with van der Waals surface area (Å²) in [6.07, 6.45) is 1.23. The summed E-state index contributed by atoms with van der Waals surface area (Å²) in [4.78, 5) is 10.5. The van der Waals surface area contributed by atoms with Gasteiger partial charge in [-0.25, -0.2) is 5.01 Å². The van der Waals surface area contributed by atoms with E-state index < -0.39 is 5.37 Å². The van der Waals surface area contributed by atoms with Crippen molar-refractivity contribution in [2.45, 2.75) is 20.3 Å². The Bertz CT molecular complexity index is 164. The third-order valence-corrected chi connectivity index (χ3v) is 2.20. The molecular formula is C8H15ClN2O. The quantitative estimate of drug-likeness (QED) is 0.506. The molecule has 1 amide bonds. The van der Waals surface area contributed by atoms with Crippen LogP contribution < -0.4 is 5.43 Å². The lowest BCUT2D eigenvalue weighted by atomic mass is 9.93. The average molecular weight is 191 g/mol. The van der Waals surface area contributed by atoms with Crippen molar-refractivity contribution in [2.75, 3.05) is 13.1 Å². The molecule has 4 heteroatoms. The Morgan fingerprint density at radius 1 is 1.42 bits per heavy atom. The number of carbonyl (C=O) groups is 1. The highest BCUT2D eigenvalue weighted by Crippen LogP contribution is 2.19. The number of hydrogen-bond donors (Lipinski definition) is 1. The maximum Gasteiger partial charge on any atom is 0.328 e. The molecule has 0 aromatic heterocycles. The van der Waals surface area contributed by atoms with Gasteiger partial charge in [0.25, 0.3) is 0 Å². The van der Waals surface area contributed by atoms with Crippen LogP contribution in [0.5, 0.6) is 0 Å². The minimum Gasteiger partial charge on any atom is -0.275 e. The Balaban J connectivity index is 2.38. The van der Waals surface area contributed by atoms with E-state index in [4.69, 9.17) is 11.6 Å². The summed E-state index contributed by atoms with van der Waals surface area (Å²) in [6, 6.07) is 0. The lowest BCUT2D eigenvalue weighted by Gasteiger charge is -2.34. The topological polar surface area (TPSA) is 32.3 Å². The number of amides is 1. The van der Waals surface area contributed by atoms with Gasteiger partial charge in [0.2, 0.25) is 0 Å². The maximum atomic E-state index is 10.5. The predicted molar refractivity (Wildman–Crippen MR) is 48.9 cm³/mol. The normalized spacial score (nSPS) is 31.6. The van der Waals surface area contributed by atoms with E-state index in [1.54, 1.807) is 0 Å². The highest BCUT2D eigenvalue weighted by atomic mass is 35.5. The molecule has 1 aliphatic rings. The highest BCUT2D eigenvalue weighted by Gasteiger charge is 2.22. The molecule has 2 unspecified atom stereocenters. The Morgan fingerprint density at radius 3 is 2.33 bits per heavy atom. The third-order valence-electron chi connectivity index (χ3n) is 2.11. The third kappa shape index (κ3) is 2.99. The molecule has 0 aromatic carbocycles. The molecule has 0 spiro atoms. The van der Waals surface area contributed by atoms with Gasteiger partial charge >= 0.3 is 5.37 Å². The molecule has 0 aliphatic carbocycles. The Labute approximate surface area is 78.0 Å². The van der Waals surface area contributed by atoms with Gasteiger partial charge in [-0.15, -0.1) is 0 Å². The number of nitrogens with one attached hydrogen (secondary N) is 1. The largest absolute Gasteiger partial charge is 0.328 e. The van der Waals surface area contributed by atoms with Crippen LogP contribution in [0.2, 0.25) is 0 Å². The minimum absolute atomic E-state index is 0.490. The van der Waals surface area contributed by atoms with E-state index >= 15 is 0 Å². The first-order valence-corrected chi connectivity index (χ1v) is 4.66. The van der Waals surface area contributed by atoms with Gasteiger partial charge in [-0.1, -0.05) is 13.8 Å². The molecule has 1 aliphatic heterocycles.